The molecule has 0 N–H and O–H groups in total. The second kappa shape index (κ2) is 3.50. The standard InChI is InChI=1S/C10H12OS/c1-8-3-2-4-10(5-8)12-7-9-6-11-9/h2-5,9H,6-7H2,1H3/t9-/m1/s1. The van der Waals surface area contributed by atoms with Gasteiger partial charge in [-0.2, -0.15) is 0 Å². The molecule has 1 aliphatic heterocycles. The van der Waals surface area contributed by atoms with Crippen LogP contribution in [0.1, 0.15) is 5.56 Å². The molecule has 0 aromatic heterocycles. The number of benzene rings is 1. The average molecular weight is 180 g/mol. The van der Waals surface area contributed by atoms with Gasteiger partial charge in [-0.1, -0.05) is 17.7 Å². The van der Waals surface area contributed by atoms with Crippen LogP contribution in [0.3, 0.4) is 0 Å². The Kier molecular flexibility index (Phi) is 2.38. The molecule has 0 unspecified atom stereocenters. The van der Waals surface area contributed by atoms with Gasteiger partial charge in [-0.05, 0) is 19.1 Å². The van der Waals surface area contributed by atoms with E-state index >= 15 is 0 Å². The van der Waals surface area contributed by atoms with Crippen molar-refractivity contribution in [1.29, 1.82) is 0 Å². The molecule has 1 atom stereocenters. The summed E-state index contributed by atoms with van der Waals surface area (Å²) in [5.41, 5.74) is 1.33. The highest BCUT2D eigenvalue weighted by atomic mass is 32.2. The highest BCUT2D eigenvalue weighted by Gasteiger charge is 2.21. The number of ether oxygens (including phenoxy) is 1. The minimum absolute atomic E-state index is 0.524. The lowest BCUT2D eigenvalue weighted by Gasteiger charge is -1.99. The zero-order chi connectivity index (χ0) is 8.39. The van der Waals surface area contributed by atoms with Crippen LogP contribution in [0.5, 0.6) is 0 Å². The Balaban J connectivity index is 1.92. The van der Waals surface area contributed by atoms with Crippen molar-refractivity contribution in [3.63, 3.8) is 0 Å². The van der Waals surface area contributed by atoms with E-state index < -0.39 is 0 Å². The monoisotopic (exact) mass is 180 g/mol. The molecule has 2 rings (SSSR count). The van der Waals surface area contributed by atoms with E-state index in [2.05, 4.69) is 31.2 Å². The van der Waals surface area contributed by atoms with Crippen LogP contribution in [0.25, 0.3) is 0 Å². The van der Waals surface area contributed by atoms with Crippen molar-refractivity contribution < 1.29 is 4.74 Å². The molecule has 64 valence electrons. The highest BCUT2D eigenvalue weighted by molar-refractivity contribution is 7.99. The molecule has 2 heteroatoms. The second-order valence-corrected chi connectivity index (χ2v) is 4.18. The van der Waals surface area contributed by atoms with Gasteiger partial charge in [0.05, 0.1) is 12.7 Å². The van der Waals surface area contributed by atoms with Gasteiger partial charge < -0.3 is 4.74 Å². The van der Waals surface area contributed by atoms with Crippen LogP contribution in [0.4, 0.5) is 0 Å². The van der Waals surface area contributed by atoms with Gasteiger partial charge in [-0.15, -0.1) is 11.8 Å². The number of hydrogen-bond acceptors (Lipinski definition) is 2. The summed E-state index contributed by atoms with van der Waals surface area (Å²) in [7, 11) is 0. The summed E-state index contributed by atoms with van der Waals surface area (Å²) >= 11 is 1.88. The van der Waals surface area contributed by atoms with E-state index in [9.17, 15) is 0 Å². The molecule has 0 saturated carbocycles. The van der Waals surface area contributed by atoms with Crippen molar-refractivity contribution in [3.8, 4) is 0 Å². The largest absolute Gasteiger partial charge is 0.372 e. The molecule has 0 aliphatic carbocycles. The molecule has 1 heterocycles. The Labute approximate surface area is 77.1 Å². The second-order valence-electron chi connectivity index (χ2n) is 3.08. The maximum atomic E-state index is 5.14. The van der Waals surface area contributed by atoms with E-state index in [1.54, 1.807) is 0 Å². The topological polar surface area (TPSA) is 12.5 Å². The maximum absolute atomic E-state index is 5.14. The van der Waals surface area contributed by atoms with Crippen LogP contribution in [-0.2, 0) is 4.74 Å². The first-order valence-electron chi connectivity index (χ1n) is 4.16. The van der Waals surface area contributed by atoms with Crippen molar-refractivity contribution >= 4 is 11.8 Å². The van der Waals surface area contributed by atoms with E-state index in [4.69, 9.17) is 4.74 Å². The molecule has 0 spiro atoms. The Morgan fingerprint density at radius 3 is 3.08 bits per heavy atom. The third-order valence-electron chi connectivity index (χ3n) is 1.83. The fourth-order valence-electron chi connectivity index (χ4n) is 1.06. The zero-order valence-corrected chi connectivity index (χ0v) is 7.93. The summed E-state index contributed by atoms with van der Waals surface area (Å²) < 4.78 is 5.14. The molecular weight excluding hydrogens is 168 g/mol. The lowest BCUT2D eigenvalue weighted by atomic mass is 10.2. The molecule has 0 radical (unpaired) electrons. The van der Waals surface area contributed by atoms with E-state index in [-0.39, 0.29) is 0 Å². The van der Waals surface area contributed by atoms with Gasteiger partial charge in [0.1, 0.15) is 0 Å². The van der Waals surface area contributed by atoms with E-state index in [1.165, 1.54) is 10.5 Å². The van der Waals surface area contributed by atoms with Crippen molar-refractivity contribution in [2.45, 2.75) is 17.9 Å². The van der Waals surface area contributed by atoms with Gasteiger partial charge in [0, 0.05) is 10.6 Å². The summed E-state index contributed by atoms with van der Waals surface area (Å²) in [6.07, 6.45) is 0.524. The van der Waals surface area contributed by atoms with Gasteiger partial charge in [0.25, 0.3) is 0 Å². The van der Waals surface area contributed by atoms with Crippen molar-refractivity contribution in [2.75, 3.05) is 12.4 Å². The molecule has 0 amide bonds. The number of rotatable bonds is 3. The number of epoxide rings is 1. The predicted octanol–water partition coefficient (Wildman–Crippen LogP) is 2.49. The first kappa shape index (κ1) is 8.14. The van der Waals surface area contributed by atoms with Gasteiger partial charge >= 0.3 is 0 Å². The molecule has 1 aromatic carbocycles. The van der Waals surface area contributed by atoms with Crippen LogP contribution in [0.15, 0.2) is 29.2 Å². The SMILES string of the molecule is Cc1cccc(SC[C@H]2CO2)c1. The smallest absolute Gasteiger partial charge is 0.0903 e. The van der Waals surface area contributed by atoms with Gasteiger partial charge in [-0.3, -0.25) is 0 Å². The summed E-state index contributed by atoms with van der Waals surface area (Å²) in [6, 6.07) is 8.59. The summed E-state index contributed by atoms with van der Waals surface area (Å²) in [6.45, 7) is 3.08. The Bertz CT molecular complexity index is 268. The van der Waals surface area contributed by atoms with Gasteiger partial charge in [0.15, 0.2) is 0 Å². The first-order chi connectivity index (χ1) is 5.84. The summed E-state index contributed by atoms with van der Waals surface area (Å²) in [4.78, 5) is 1.35. The van der Waals surface area contributed by atoms with E-state index in [0.717, 1.165) is 12.4 Å². The Hall–Kier alpha value is -0.470. The van der Waals surface area contributed by atoms with Crippen LogP contribution >= 0.6 is 11.8 Å². The molecular formula is C10H12OS. The van der Waals surface area contributed by atoms with Crippen molar-refractivity contribution in [3.05, 3.63) is 29.8 Å². The molecule has 1 aliphatic rings. The quantitative estimate of drug-likeness (QED) is 0.523. The van der Waals surface area contributed by atoms with E-state index in [0.29, 0.717) is 6.10 Å². The molecule has 12 heavy (non-hydrogen) atoms. The average Bonchev–Trinajstić information content (AvgIpc) is 2.84. The minimum Gasteiger partial charge on any atom is -0.372 e. The molecule has 1 aromatic rings. The van der Waals surface area contributed by atoms with Gasteiger partial charge in [0.2, 0.25) is 0 Å². The summed E-state index contributed by atoms with van der Waals surface area (Å²) in [5, 5.41) is 0. The maximum Gasteiger partial charge on any atom is 0.0903 e. The Morgan fingerprint density at radius 2 is 2.42 bits per heavy atom. The van der Waals surface area contributed by atoms with Crippen molar-refractivity contribution in [2.24, 2.45) is 0 Å². The van der Waals surface area contributed by atoms with Crippen LogP contribution < -0.4 is 0 Å². The number of hydrogen-bond donors (Lipinski definition) is 0. The van der Waals surface area contributed by atoms with Crippen LogP contribution in [0, 0.1) is 6.92 Å². The lowest BCUT2D eigenvalue weighted by molar-refractivity contribution is 0.426. The molecule has 1 saturated heterocycles. The predicted molar refractivity (Wildman–Crippen MR) is 51.6 cm³/mol. The lowest BCUT2D eigenvalue weighted by Crippen LogP contribution is -1.88. The normalized spacial score (nSPS) is 20.9. The fraction of sp³-hybridized carbons (Fsp3) is 0.400. The summed E-state index contributed by atoms with van der Waals surface area (Å²) in [5.74, 6) is 1.10. The van der Waals surface area contributed by atoms with Crippen molar-refractivity contribution in [1.82, 2.24) is 0 Å². The van der Waals surface area contributed by atoms with Crippen LogP contribution in [-0.4, -0.2) is 18.5 Å². The molecule has 1 fully saturated rings. The number of aryl methyl sites for hydroxylation is 1. The number of thioether (sulfide) groups is 1. The zero-order valence-electron chi connectivity index (χ0n) is 7.12. The minimum atomic E-state index is 0.524. The van der Waals surface area contributed by atoms with E-state index in [1.807, 2.05) is 11.8 Å². The Morgan fingerprint density at radius 1 is 1.58 bits per heavy atom. The highest BCUT2D eigenvalue weighted by Crippen LogP contribution is 2.24. The molecule has 0 bridgehead atoms. The third kappa shape index (κ3) is 2.26. The third-order valence-corrected chi connectivity index (χ3v) is 2.95. The first-order valence-corrected chi connectivity index (χ1v) is 5.14. The molecule has 1 nitrogen and oxygen atoms in total. The van der Waals surface area contributed by atoms with Gasteiger partial charge in [-0.25, -0.2) is 0 Å². The van der Waals surface area contributed by atoms with Crippen LogP contribution in [0.2, 0.25) is 0 Å². The fourth-order valence-corrected chi connectivity index (χ4v) is 2.07.